The van der Waals surface area contributed by atoms with E-state index in [2.05, 4.69) is 16.0 Å². The fourth-order valence-electron chi connectivity index (χ4n) is 4.65. The summed E-state index contributed by atoms with van der Waals surface area (Å²) in [4.78, 5) is 62.3. The molecule has 0 radical (unpaired) electrons. The Morgan fingerprint density at radius 1 is 0.854 bits per heavy atom. The van der Waals surface area contributed by atoms with Crippen LogP contribution >= 0.6 is 0 Å². The summed E-state index contributed by atoms with van der Waals surface area (Å²) >= 11 is 0. The lowest BCUT2D eigenvalue weighted by Crippen LogP contribution is -2.59. The van der Waals surface area contributed by atoms with E-state index in [9.17, 15) is 39.1 Å². The van der Waals surface area contributed by atoms with Gasteiger partial charge in [0.2, 0.25) is 11.8 Å². The van der Waals surface area contributed by atoms with E-state index in [0.29, 0.717) is 16.5 Å². The Balaban J connectivity index is 1.55. The molecule has 0 saturated carbocycles. The Morgan fingerprint density at radius 3 is 1.85 bits per heavy atom. The standard InChI is InChI=1S/C25H28B2N4O10/c1-12(29-23(35)13-2-4-15-10-40-26(38)18(15)6-13)22(25(37)30-17(8-20(28)32)9-21(33)34)31-24(36)14-3-5-16-11-41-27(39)19(16)7-14/h2-7,12,17,22,38-39H,8-11H2,1H3,(H2,28,32)(H,29,35)(H,30,37)(H,31,36)(H,33,34)/t12-,17+,22-/m0/s1. The van der Waals surface area contributed by atoms with Crippen LogP contribution in [0.25, 0.3) is 0 Å². The Labute approximate surface area is 234 Å². The first kappa shape index (κ1) is 29.7. The highest BCUT2D eigenvalue weighted by atomic mass is 16.5. The molecule has 0 spiro atoms. The molecule has 0 fully saturated rings. The fraction of sp³-hybridized carbons (Fsp3) is 0.320. The molecule has 0 saturated heterocycles. The molecule has 2 aliphatic rings. The number of benzene rings is 2. The van der Waals surface area contributed by atoms with Gasteiger partial charge in [-0.3, -0.25) is 24.0 Å². The second-order valence-corrected chi connectivity index (χ2v) is 9.84. The summed E-state index contributed by atoms with van der Waals surface area (Å²) in [6, 6.07) is 5.43. The minimum atomic E-state index is -1.44. The van der Waals surface area contributed by atoms with Crippen LogP contribution in [0.3, 0.4) is 0 Å². The molecule has 214 valence electrons. The van der Waals surface area contributed by atoms with Crippen LogP contribution in [0.5, 0.6) is 0 Å². The van der Waals surface area contributed by atoms with Crippen LogP contribution in [0, 0.1) is 0 Å². The van der Waals surface area contributed by atoms with Crippen molar-refractivity contribution < 1.29 is 48.4 Å². The van der Waals surface area contributed by atoms with E-state index in [1.807, 2.05) is 0 Å². The first-order valence-corrected chi connectivity index (χ1v) is 12.7. The molecular formula is C25H28B2N4O10. The number of amides is 4. The van der Waals surface area contributed by atoms with E-state index < -0.39 is 74.8 Å². The zero-order chi connectivity index (χ0) is 29.8. The monoisotopic (exact) mass is 566 g/mol. The average molecular weight is 566 g/mol. The highest BCUT2D eigenvalue weighted by Crippen LogP contribution is 2.14. The molecule has 0 unspecified atom stereocenters. The summed E-state index contributed by atoms with van der Waals surface area (Å²) in [6.07, 6.45) is -1.08. The first-order chi connectivity index (χ1) is 19.4. The number of rotatable bonds is 11. The summed E-state index contributed by atoms with van der Waals surface area (Å²) in [7, 11) is -2.39. The second kappa shape index (κ2) is 12.5. The van der Waals surface area contributed by atoms with Gasteiger partial charge in [0.1, 0.15) is 6.04 Å². The van der Waals surface area contributed by atoms with Crippen molar-refractivity contribution >= 4 is 54.8 Å². The minimum Gasteiger partial charge on any atom is -0.481 e. The normalized spacial score (nSPS) is 15.8. The SMILES string of the molecule is C[C@H](NC(=O)c1ccc2c(c1)B(O)OC2)[C@H](NC(=O)c1ccc2c(c1)B(O)OC2)C(=O)N[C@H](CC(N)=O)CC(=O)O. The highest BCUT2D eigenvalue weighted by molar-refractivity contribution is 6.62. The van der Waals surface area contributed by atoms with Gasteiger partial charge in [-0.2, -0.15) is 0 Å². The van der Waals surface area contributed by atoms with Gasteiger partial charge in [0.05, 0.1) is 25.7 Å². The molecule has 2 aromatic rings. The molecule has 8 N–H and O–H groups in total. The van der Waals surface area contributed by atoms with E-state index in [-0.39, 0.29) is 24.3 Å². The Hall–Kier alpha value is -4.24. The predicted molar refractivity (Wildman–Crippen MR) is 144 cm³/mol. The van der Waals surface area contributed by atoms with Gasteiger partial charge in [-0.25, -0.2) is 0 Å². The third-order valence-electron chi connectivity index (χ3n) is 6.78. The van der Waals surface area contributed by atoms with Crippen LogP contribution in [-0.2, 0) is 36.9 Å². The van der Waals surface area contributed by atoms with Gasteiger partial charge in [-0.15, -0.1) is 0 Å². The molecule has 3 atom stereocenters. The molecule has 2 aliphatic heterocycles. The van der Waals surface area contributed by atoms with Gasteiger partial charge in [-0.05, 0) is 53.2 Å². The smallest absolute Gasteiger partial charge is 0.481 e. The van der Waals surface area contributed by atoms with Crippen LogP contribution in [0.1, 0.15) is 51.6 Å². The van der Waals surface area contributed by atoms with Crippen molar-refractivity contribution in [3.05, 3.63) is 58.7 Å². The number of carboxylic acids is 1. The number of aliphatic carboxylic acids is 1. The minimum absolute atomic E-state index is 0.0939. The van der Waals surface area contributed by atoms with Gasteiger partial charge < -0.3 is 46.1 Å². The Kier molecular flexibility index (Phi) is 9.08. The maximum Gasteiger partial charge on any atom is 0.491 e. The molecule has 0 bridgehead atoms. The van der Waals surface area contributed by atoms with Crippen LogP contribution in [0.2, 0.25) is 0 Å². The van der Waals surface area contributed by atoms with E-state index in [1.165, 1.54) is 31.2 Å². The lowest BCUT2D eigenvalue weighted by Gasteiger charge is -2.27. The molecule has 4 amide bonds. The summed E-state index contributed by atoms with van der Waals surface area (Å²) in [5.74, 6) is -4.36. The van der Waals surface area contributed by atoms with E-state index >= 15 is 0 Å². The molecule has 0 aliphatic carbocycles. The van der Waals surface area contributed by atoms with Crippen LogP contribution in [0.15, 0.2) is 36.4 Å². The number of fused-ring (bicyclic) bond motifs is 2. The van der Waals surface area contributed by atoms with E-state index in [4.69, 9.17) is 15.0 Å². The molecule has 41 heavy (non-hydrogen) atoms. The average Bonchev–Trinajstić information content (AvgIpc) is 3.47. The third-order valence-corrected chi connectivity index (χ3v) is 6.78. The largest absolute Gasteiger partial charge is 0.491 e. The molecule has 2 aromatic carbocycles. The molecule has 16 heteroatoms. The Morgan fingerprint density at radius 2 is 1.37 bits per heavy atom. The van der Waals surface area contributed by atoms with Gasteiger partial charge in [0.25, 0.3) is 11.8 Å². The number of nitrogens with two attached hydrogens (primary N) is 1. The summed E-state index contributed by atoms with van der Waals surface area (Å²) in [5.41, 5.74) is 7.69. The topological polar surface area (TPSA) is 227 Å². The van der Waals surface area contributed by atoms with Gasteiger partial charge in [-0.1, -0.05) is 12.1 Å². The third kappa shape index (κ3) is 7.10. The van der Waals surface area contributed by atoms with Gasteiger partial charge >= 0.3 is 20.2 Å². The zero-order valence-corrected chi connectivity index (χ0v) is 22.0. The van der Waals surface area contributed by atoms with Crippen molar-refractivity contribution in [2.24, 2.45) is 5.73 Å². The molecule has 0 aromatic heterocycles. The van der Waals surface area contributed by atoms with Crippen molar-refractivity contribution in [2.45, 2.75) is 51.1 Å². The van der Waals surface area contributed by atoms with Crippen molar-refractivity contribution in [2.75, 3.05) is 0 Å². The van der Waals surface area contributed by atoms with Crippen molar-refractivity contribution in [1.29, 1.82) is 0 Å². The maximum atomic E-state index is 13.3. The number of carboxylic acid groups (broad SMARTS) is 1. The molecule has 14 nitrogen and oxygen atoms in total. The number of primary amides is 1. The van der Waals surface area contributed by atoms with Crippen LogP contribution in [-0.4, -0.2) is 77.1 Å². The molecule has 4 rings (SSSR count). The van der Waals surface area contributed by atoms with E-state index in [0.717, 1.165) is 5.56 Å². The van der Waals surface area contributed by atoms with Crippen molar-refractivity contribution in [1.82, 2.24) is 16.0 Å². The first-order valence-electron chi connectivity index (χ1n) is 12.7. The quantitative estimate of drug-likeness (QED) is 0.135. The number of carbonyl (C=O) groups is 5. The zero-order valence-electron chi connectivity index (χ0n) is 22.0. The summed E-state index contributed by atoms with van der Waals surface area (Å²) in [6.45, 7) is 1.81. The number of hydrogen-bond donors (Lipinski definition) is 7. The summed E-state index contributed by atoms with van der Waals surface area (Å²) in [5, 5.41) is 36.8. The summed E-state index contributed by atoms with van der Waals surface area (Å²) < 4.78 is 10.3. The lowest BCUT2D eigenvalue weighted by atomic mass is 9.78. The van der Waals surface area contributed by atoms with Crippen molar-refractivity contribution in [3.63, 3.8) is 0 Å². The number of hydrogen-bond acceptors (Lipinski definition) is 9. The fourth-order valence-corrected chi connectivity index (χ4v) is 4.65. The highest BCUT2D eigenvalue weighted by Gasteiger charge is 2.33. The number of carbonyl (C=O) groups excluding carboxylic acids is 4. The molecule has 2 heterocycles. The molecular weight excluding hydrogens is 538 g/mol. The van der Waals surface area contributed by atoms with Crippen LogP contribution in [0.4, 0.5) is 0 Å². The van der Waals surface area contributed by atoms with Crippen molar-refractivity contribution in [3.8, 4) is 0 Å². The van der Waals surface area contributed by atoms with Crippen LogP contribution < -0.4 is 32.6 Å². The predicted octanol–water partition coefficient (Wildman–Crippen LogP) is -3.13. The van der Waals surface area contributed by atoms with E-state index in [1.54, 1.807) is 12.1 Å². The lowest BCUT2D eigenvalue weighted by molar-refractivity contribution is -0.138. The number of nitrogens with one attached hydrogen (secondary N) is 3. The Bertz CT molecular complexity index is 1370. The second-order valence-electron chi connectivity index (χ2n) is 9.84. The van der Waals surface area contributed by atoms with Gasteiger partial charge in [0.15, 0.2) is 0 Å². The maximum absolute atomic E-state index is 13.3. The van der Waals surface area contributed by atoms with Gasteiger partial charge in [0, 0.05) is 23.6 Å².